The van der Waals surface area contributed by atoms with E-state index in [1.165, 1.54) is 0 Å². The van der Waals surface area contributed by atoms with Crippen LogP contribution in [0.2, 0.25) is 10.0 Å². The van der Waals surface area contributed by atoms with E-state index in [0.29, 0.717) is 28.9 Å². The van der Waals surface area contributed by atoms with Crippen LogP contribution in [0.3, 0.4) is 0 Å². The molecular formula is C18H19Cl2N3O2. The second-order valence-electron chi connectivity index (χ2n) is 5.82. The average molecular weight is 380 g/mol. The zero-order chi connectivity index (χ0) is 17.8. The minimum Gasteiger partial charge on any atom is -0.378 e. The molecule has 25 heavy (non-hydrogen) atoms. The number of carbonyl (C=O) groups is 1. The van der Waals surface area contributed by atoms with Gasteiger partial charge in [-0.15, -0.1) is 0 Å². The van der Waals surface area contributed by atoms with Crippen LogP contribution in [-0.4, -0.2) is 32.3 Å². The van der Waals surface area contributed by atoms with Gasteiger partial charge in [-0.1, -0.05) is 29.3 Å². The molecule has 2 aromatic rings. The fourth-order valence-corrected chi connectivity index (χ4v) is 3.04. The number of nitrogens with one attached hydrogen (secondary N) is 2. The predicted octanol–water partition coefficient (Wildman–Crippen LogP) is 4.78. The van der Waals surface area contributed by atoms with E-state index in [9.17, 15) is 4.79 Å². The van der Waals surface area contributed by atoms with Crippen LogP contribution < -0.4 is 15.5 Å². The first-order chi connectivity index (χ1) is 12.0. The number of aryl methyl sites for hydroxylation is 1. The second-order valence-corrected chi connectivity index (χ2v) is 6.67. The molecule has 0 aromatic heterocycles. The minimum atomic E-state index is -0.371. The van der Waals surface area contributed by atoms with E-state index in [1.807, 2.05) is 25.1 Å². The number of nitrogens with zero attached hydrogens (tertiary/aromatic N) is 1. The van der Waals surface area contributed by atoms with Crippen molar-refractivity contribution in [1.82, 2.24) is 0 Å². The number of ether oxygens (including phenoxy) is 1. The Balaban J connectivity index is 1.78. The highest BCUT2D eigenvalue weighted by molar-refractivity contribution is 6.35. The molecule has 1 aliphatic heterocycles. The van der Waals surface area contributed by atoms with Crippen molar-refractivity contribution in [1.29, 1.82) is 0 Å². The molecule has 1 saturated heterocycles. The molecule has 1 heterocycles. The normalized spacial score (nSPS) is 14.3. The maximum absolute atomic E-state index is 12.4. The van der Waals surface area contributed by atoms with Gasteiger partial charge in [-0.3, -0.25) is 0 Å². The van der Waals surface area contributed by atoms with Gasteiger partial charge in [0.1, 0.15) is 0 Å². The SMILES string of the molecule is Cc1ccc(N2CCOCC2)c(NC(=O)Nc2cc(Cl)ccc2Cl)c1. The van der Waals surface area contributed by atoms with Crippen molar-refractivity contribution in [2.45, 2.75) is 6.92 Å². The summed E-state index contributed by atoms with van der Waals surface area (Å²) in [6, 6.07) is 10.6. The van der Waals surface area contributed by atoms with E-state index in [0.717, 1.165) is 30.0 Å². The number of anilines is 3. The maximum Gasteiger partial charge on any atom is 0.323 e. The number of halogens is 2. The highest BCUT2D eigenvalue weighted by Gasteiger charge is 2.16. The summed E-state index contributed by atoms with van der Waals surface area (Å²) >= 11 is 12.1. The Bertz CT molecular complexity index is 777. The van der Waals surface area contributed by atoms with Crippen LogP contribution in [0.5, 0.6) is 0 Å². The first-order valence-electron chi connectivity index (χ1n) is 7.99. The number of hydrogen-bond acceptors (Lipinski definition) is 3. The molecule has 2 N–H and O–H groups in total. The Morgan fingerprint density at radius 2 is 1.76 bits per heavy atom. The van der Waals surface area contributed by atoms with Crippen molar-refractivity contribution >= 4 is 46.3 Å². The minimum absolute atomic E-state index is 0.371. The van der Waals surface area contributed by atoms with Gasteiger partial charge in [0.15, 0.2) is 0 Å². The third kappa shape index (κ3) is 4.57. The van der Waals surface area contributed by atoms with Gasteiger partial charge in [-0.25, -0.2) is 4.79 Å². The third-order valence-electron chi connectivity index (χ3n) is 3.93. The molecule has 0 atom stereocenters. The highest BCUT2D eigenvalue weighted by Crippen LogP contribution is 2.29. The van der Waals surface area contributed by atoms with Crippen LogP contribution in [0.1, 0.15) is 5.56 Å². The van der Waals surface area contributed by atoms with Gasteiger partial charge in [0, 0.05) is 18.1 Å². The van der Waals surface area contributed by atoms with Crippen molar-refractivity contribution in [3.8, 4) is 0 Å². The van der Waals surface area contributed by atoms with Crippen molar-refractivity contribution in [3.63, 3.8) is 0 Å². The summed E-state index contributed by atoms with van der Waals surface area (Å²) in [5.41, 5.74) is 3.25. The molecule has 132 valence electrons. The molecule has 0 saturated carbocycles. The monoisotopic (exact) mass is 379 g/mol. The fraction of sp³-hybridized carbons (Fsp3) is 0.278. The first kappa shape index (κ1) is 17.9. The van der Waals surface area contributed by atoms with Crippen molar-refractivity contribution < 1.29 is 9.53 Å². The summed E-state index contributed by atoms with van der Waals surface area (Å²) < 4.78 is 5.40. The lowest BCUT2D eigenvalue weighted by Crippen LogP contribution is -2.37. The van der Waals surface area contributed by atoms with E-state index in [-0.39, 0.29) is 6.03 Å². The van der Waals surface area contributed by atoms with Gasteiger partial charge >= 0.3 is 6.03 Å². The largest absolute Gasteiger partial charge is 0.378 e. The molecule has 5 nitrogen and oxygen atoms in total. The lowest BCUT2D eigenvalue weighted by Gasteiger charge is -2.30. The zero-order valence-corrected chi connectivity index (χ0v) is 15.3. The summed E-state index contributed by atoms with van der Waals surface area (Å²) in [5.74, 6) is 0. The van der Waals surface area contributed by atoms with Crippen molar-refractivity contribution in [2.75, 3.05) is 41.8 Å². The number of amides is 2. The van der Waals surface area contributed by atoms with Gasteiger partial charge in [0.05, 0.1) is 35.3 Å². The predicted molar refractivity (Wildman–Crippen MR) is 103 cm³/mol. The summed E-state index contributed by atoms with van der Waals surface area (Å²) in [6.07, 6.45) is 0. The molecule has 0 radical (unpaired) electrons. The Labute approximate surface area is 156 Å². The highest BCUT2D eigenvalue weighted by atomic mass is 35.5. The smallest absolute Gasteiger partial charge is 0.323 e. The van der Waals surface area contributed by atoms with Crippen LogP contribution in [0.15, 0.2) is 36.4 Å². The Morgan fingerprint density at radius 1 is 1.04 bits per heavy atom. The Hall–Kier alpha value is -1.95. The van der Waals surface area contributed by atoms with Gasteiger partial charge < -0.3 is 20.3 Å². The average Bonchev–Trinajstić information content (AvgIpc) is 2.59. The van der Waals surface area contributed by atoms with Crippen molar-refractivity contribution in [3.05, 3.63) is 52.0 Å². The summed E-state index contributed by atoms with van der Waals surface area (Å²) in [7, 11) is 0. The lowest BCUT2D eigenvalue weighted by molar-refractivity contribution is 0.123. The number of hydrogen-bond donors (Lipinski definition) is 2. The molecule has 0 bridgehead atoms. The van der Waals surface area contributed by atoms with Crippen LogP contribution in [0, 0.1) is 6.92 Å². The van der Waals surface area contributed by atoms with Crippen LogP contribution in [0.25, 0.3) is 0 Å². The molecule has 0 spiro atoms. The molecular weight excluding hydrogens is 361 g/mol. The lowest BCUT2D eigenvalue weighted by atomic mass is 10.1. The van der Waals surface area contributed by atoms with Crippen LogP contribution in [0.4, 0.5) is 21.9 Å². The van der Waals surface area contributed by atoms with Crippen molar-refractivity contribution in [2.24, 2.45) is 0 Å². The second kappa shape index (κ2) is 7.95. The molecule has 0 unspecified atom stereocenters. The van der Waals surface area contributed by atoms with E-state index in [4.69, 9.17) is 27.9 Å². The van der Waals surface area contributed by atoms with Gasteiger partial charge in [0.2, 0.25) is 0 Å². The van der Waals surface area contributed by atoms with Gasteiger partial charge in [-0.2, -0.15) is 0 Å². The maximum atomic E-state index is 12.4. The van der Waals surface area contributed by atoms with Gasteiger partial charge in [0.25, 0.3) is 0 Å². The molecule has 2 aromatic carbocycles. The van der Waals surface area contributed by atoms with Crippen LogP contribution in [-0.2, 0) is 4.74 Å². The third-order valence-corrected chi connectivity index (χ3v) is 4.49. The quantitative estimate of drug-likeness (QED) is 0.806. The first-order valence-corrected chi connectivity index (χ1v) is 8.75. The molecule has 7 heteroatoms. The summed E-state index contributed by atoms with van der Waals surface area (Å²) in [5, 5.41) is 6.58. The molecule has 1 aliphatic rings. The summed E-state index contributed by atoms with van der Waals surface area (Å²) in [4.78, 5) is 14.6. The van der Waals surface area contributed by atoms with E-state index in [2.05, 4.69) is 15.5 Å². The van der Waals surface area contributed by atoms with Crippen LogP contribution >= 0.6 is 23.2 Å². The molecule has 0 aliphatic carbocycles. The summed E-state index contributed by atoms with van der Waals surface area (Å²) in [6.45, 7) is 4.92. The fourth-order valence-electron chi connectivity index (χ4n) is 2.70. The number of urea groups is 1. The van der Waals surface area contributed by atoms with E-state index < -0.39 is 0 Å². The van der Waals surface area contributed by atoms with E-state index in [1.54, 1.807) is 18.2 Å². The zero-order valence-electron chi connectivity index (χ0n) is 13.8. The number of rotatable bonds is 3. The Morgan fingerprint density at radius 3 is 2.52 bits per heavy atom. The standard InChI is InChI=1S/C18H19Cl2N3O2/c1-12-2-5-17(23-6-8-25-9-7-23)16(10-12)22-18(24)21-15-11-13(19)3-4-14(15)20/h2-5,10-11H,6-9H2,1H3,(H2,21,22,24). The number of morpholine rings is 1. The Kier molecular flexibility index (Phi) is 5.68. The van der Waals surface area contributed by atoms with Gasteiger partial charge in [-0.05, 0) is 42.8 Å². The van der Waals surface area contributed by atoms with E-state index >= 15 is 0 Å². The molecule has 2 amide bonds. The molecule has 1 fully saturated rings. The number of benzene rings is 2. The topological polar surface area (TPSA) is 53.6 Å². The molecule has 3 rings (SSSR count). The number of carbonyl (C=O) groups excluding carboxylic acids is 1.